The number of rotatable bonds is 9. The lowest BCUT2D eigenvalue weighted by molar-refractivity contribution is -0.135. The fourth-order valence-electron chi connectivity index (χ4n) is 4.37. The number of hydrogen-bond donors (Lipinski definition) is 2. The van der Waals surface area contributed by atoms with Gasteiger partial charge in [-0.1, -0.05) is 80.6 Å². The molecular formula is C28H32N2O3. The molecular weight excluding hydrogens is 412 g/mol. The van der Waals surface area contributed by atoms with E-state index < -0.39 is 5.41 Å². The summed E-state index contributed by atoms with van der Waals surface area (Å²) in [7, 11) is 0. The van der Waals surface area contributed by atoms with Crippen LogP contribution in [0.1, 0.15) is 37.8 Å². The van der Waals surface area contributed by atoms with E-state index >= 15 is 0 Å². The van der Waals surface area contributed by atoms with Gasteiger partial charge in [0.15, 0.2) is 0 Å². The lowest BCUT2D eigenvalue weighted by Crippen LogP contribution is -2.63. The van der Waals surface area contributed by atoms with Crippen LogP contribution in [0, 0.1) is 5.92 Å². The Kier molecular flexibility index (Phi) is 6.99. The van der Waals surface area contributed by atoms with Crippen LogP contribution in [0.25, 0.3) is 0 Å². The van der Waals surface area contributed by atoms with Gasteiger partial charge >= 0.3 is 0 Å². The second-order valence-electron chi connectivity index (χ2n) is 9.15. The summed E-state index contributed by atoms with van der Waals surface area (Å²) in [6, 6.07) is 27.0. The average molecular weight is 445 g/mol. The number of hydrogen-bond acceptors (Lipinski definition) is 4. The van der Waals surface area contributed by atoms with Crippen LogP contribution >= 0.6 is 0 Å². The van der Waals surface area contributed by atoms with Gasteiger partial charge in [-0.2, -0.15) is 0 Å². The highest BCUT2D eigenvalue weighted by atomic mass is 16.5. The maximum Gasteiger partial charge on any atom is 0.249 e. The summed E-state index contributed by atoms with van der Waals surface area (Å²) in [5.41, 5.74) is 4.40. The summed E-state index contributed by atoms with van der Waals surface area (Å²) in [5.74, 6) is 1.27. The summed E-state index contributed by atoms with van der Waals surface area (Å²) < 4.78 is 5.92. The molecule has 5 nitrogen and oxygen atoms in total. The average Bonchev–Trinajstić information content (AvgIpc) is 2.79. The van der Waals surface area contributed by atoms with Crippen LogP contribution in [-0.2, 0) is 10.2 Å². The third-order valence-corrected chi connectivity index (χ3v) is 6.25. The van der Waals surface area contributed by atoms with E-state index in [9.17, 15) is 9.90 Å². The summed E-state index contributed by atoms with van der Waals surface area (Å²) >= 11 is 0. The second kappa shape index (κ2) is 10.1. The highest BCUT2D eigenvalue weighted by Gasteiger charge is 2.43. The van der Waals surface area contributed by atoms with E-state index in [1.807, 2.05) is 47.5 Å². The number of aromatic hydroxyl groups is 1. The van der Waals surface area contributed by atoms with Crippen molar-refractivity contribution in [3.05, 3.63) is 96.1 Å². The molecule has 0 bridgehead atoms. The Morgan fingerprint density at radius 2 is 1.61 bits per heavy atom. The van der Waals surface area contributed by atoms with Gasteiger partial charge in [0, 0.05) is 6.07 Å². The summed E-state index contributed by atoms with van der Waals surface area (Å²) in [6.45, 7) is 5.56. The molecule has 0 unspecified atom stereocenters. The van der Waals surface area contributed by atoms with E-state index in [1.54, 1.807) is 18.2 Å². The van der Waals surface area contributed by atoms with E-state index in [0.717, 1.165) is 24.0 Å². The number of hydrazine groups is 1. The van der Waals surface area contributed by atoms with Gasteiger partial charge in [-0.3, -0.25) is 10.2 Å². The van der Waals surface area contributed by atoms with Crippen molar-refractivity contribution >= 4 is 5.91 Å². The minimum absolute atomic E-state index is 0.0173. The first-order valence-electron chi connectivity index (χ1n) is 11.6. The number of benzene rings is 3. The van der Waals surface area contributed by atoms with Crippen molar-refractivity contribution in [2.24, 2.45) is 5.92 Å². The van der Waals surface area contributed by atoms with Crippen LogP contribution < -0.4 is 10.2 Å². The van der Waals surface area contributed by atoms with E-state index in [4.69, 9.17) is 4.74 Å². The highest BCUT2D eigenvalue weighted by molar-refractivity contribution is 5.91. The number of nitrogens with zero attached hydrogens (tertiary/aromatic N) is 1. The Labute approximate surface area is 196 Å². The second-order valence-corrected chi connectivity index (χ2v) is 9.15. The molecule has 1 aliphatic heterocycles. The molecule has 0 saturated carbocycles. The monoisotopic (exact) mass is 444 g/mol. The molecule has 1 heterocycles. The van der Waals surface area contributed by atoms with Crippen LogP contribution in [0.5, 0.6) is 11.5 Å². The Bertz CT molecular complexity index is 1010. The van der Waals surface area contributed by atoms with Crippen LogP contribution in [0.3, 0.4) is 0 Å². The number of carbonyl (C=O) groups is 1. The van der Waals surface area contributed by atoms with Crippen molar-refractivity contribution in [2.75, 3.05) is 13.1 Å². The molecule has 0 aliphatic carbocycles. The highest BCUT2D eigenvalue weighted by Crippen LogP contribution is 2.38. The zero-order valence-corrected chi connectivity index (χ0v) is 19.3. The lowest BCUT2D eigenvalue weighted by atomic mass is 9.69. The number of nitrogens with one attached hydrogen (secondary N) is 1. The SMILES string of the molecule is CC(C)CCC(C(=O)NN1CC(Oc2cccc(O)c2)C1)(c1ccccc1)c1ccccc1. The topological polar surface area (TPSA) is 61.8 Å². The molecule has 2 N–H and O–H groups in total. The molecule has 5 heteroatoms. The van der Waals surface area contributed by atoms with Gasteiger partial charge in [0.1, 0.15) is 23.0 Å². The minimum Gasteiger partial charge on any atom is -0.508 e. The zero-order valence-electron chi connectivity index (χ0n) is 19.3. The van der Waals surface area contributed by atoms with E-state index in [0.29, 0.717) is 24.8 Å². The van der Waals surface area contributed by atoms with Crippen LogP contribution in [0.4, 0.5) is 0 Å². The van der Waals surface area contributed by atoms with Crippen LogP contribution in [0.15, 0.2) is 84.9 Å². The Balaban J connectivity index is 1.54. The molecule has 4 rings (SSSR count). The molecule has 1 saturated heterocycles. The standard InChI is InChI=1S/C28H32N2O3/c1-21(2)16-17-28(22-10-5-3-6-11-22,23-12-7-4-8-13-23)27(32)29-30-19-26(20-30)33-25-15-9-14-24(31)18-25/h3-15,18,21,26,31H,16-17,19-20H2,1-2H3,(H,29,32). The van der Waals surface area contributed by atoms with E-state index in [1.165, 1.54) is 0 Å². The summed E-state index contributed by atoms with van der Waals surface area (Å²) in [4.78, 5) is 14.0. The fraction of sp³-hybridized carbons (Fsp3) is 0.321. The van der Waals surface area contributed by atoms with E-state index in [-0.39, 0.29) is 17.8 Å². The van der Waals surface area contributed by atoms with Crippen molar-refractivity contribution in [1.82, 2.24) is 10.4 Å². The molecule has 3 aromatic carbocycles. The van der Waals surface area contributed by atoms with Gasteiger partial charge in [0.05, 0.1) is 13.1 Å². The molecule has 0 spiro atoms. The predicted octanol–water partition coefficient (Wildman–Crippen LogP) is 4.91. The molecule has 1 amide bonds. The first kappa shape index (κ1) is 22.9. The van der Waals surface area contributed by atoms with Gasteiger partial charge in [0.2, 0.25) is 5.91 Å². The van der Waals surface area contributed by atoms with Crippen LogP contribution in [0.2, 0.25) is 0 Å². The molecule has 0 atom stereocenters. The molecule has 1 fully saturated rings. The number of phenolic OH excluding ortho intramolecular Hbond substituents is 1. The molecule has 172 valence electrons. The summed E-state index contributed by atoms with van der Waals surface area (Å²) in [5, 5.41) is 11.5. The van der Waals surface area contributed by atoms with Gasteiger partial charge in [-0.15, -0.1) is 0 Å². The first-order valence-corrected chi connectivity index (χ1v) is 11.6. The Morgan fingerprint density at radius 1 is 1.00 bits per heavy atom. The van der Waals surface area contributed by atoms with Gasteiger partial charge in [-0.05, 0) is 42.0 Å². The van der Waals surface area contributed by atoms with Crippen molar-refractivity contribution < 1.29 is 14.6 Å². The minimum atomic E-state index is -0.774. The van der Waals surface area contributed by atoms with Crippen molar-refractivity contribution in [3.8, 4) is 11.5 Å². The third kappa shape index (κ3) is 5.20. The number of ether oxygens (including phenoxy) is 1. The smallest absolute Gasteiger partial charge is 0.249 e. The zero-order chi connectivity index (χ0) is 23.3. The van der Waals surface area contributed by atoms with Gasteiger partial charge < -0.3 is 9.84 Å². The van der Waals surface area contributed by atoms with Crippen molar-refractivity contribution in [1.29, 1.82) is 0 Å². The van der Waals surface area contributed by atoms with Gasteiger partial charge in [-0.25, -0.2) is 5.01 Å². The maximum absolute atomic E-state index is 14.0. The number of amides is 1. The molecule has 1 aliphatic rings. The molecule has 0 radical (unpaired) electrons. The molecule has 0 aromatic heterocycles. The number of phenols is 1. The normalized spacial score (nSPS) is 14.6. The predicted molar refractivity (Wildman–Crippen MR) is 130 cm³/mol. The summed E-state index contributed by atoms with van der Waals surface area (Å²) in [6.07, 6.45) is 1.62. The Morgan fingerprint density at radius 3 is 2.15 bits per heavy atom. The first-order chi connectivity index (χ1) is 16.0. The van der Waals surface area contributed by atoms with Crippen LogP contribution in [-0.4, -0.2) is 35.2 Å². The van der Waals surface area contributed by atoms with Gasteiger partial charge in [0.25, 0.3) is 0 Å². The molecule has 33 heavy (non-hydrogen) atoms. The third-order valence-electron chi connectivity index (χ3n) is 6.25. The van der Waals surface area contributed by atoms with Crippen molar-refractivity contribution in [3.63, 3.8) is 0 Å². The fourth-order valence-corrected chi connectivity index (χ4v) is 4.37. The lowest BCUT2D eigenvalue weighted by Gasteiger charge is -2.42. The van der Waals surface area contributed by atoms with Crippen molar-refractivity contribution in [2.45, 2.75) is 38.2 Å². The quantitative estimate of drug-likeness (QED) is 0.492. The Hall–Kier alpha value is -3.31. The largest absolute Gasteiger partial charge is 0.508 e. The number of carbonyl (C=O) groups excluding carboxylic acids is 1. The maximum atomic E-state index is 14.0. The van der Waals surface area contributed by atoms with E-state index in [2.05, 4.69) is 43.5 Å². The molecule has 3 aromatic rings.